The molecule has 3 aliphatic carbocycles. The summed E-state index contributed by atoms with van der Waals surface area (Å²) >= 11 is 0. The number of carbonyl (C=O) groups excluding carboxylic acids is 2. The summed E-state index contributed by atoms with van der Waals surface area (Å²) in [5, 5.41) is 0. The first-order valence-corrected chi connectivity index (χ1v) is 12.0. The second-order valence-corrected chi connectivity index (χ2v) is 9.83. The fourth-order valence-corrected chi connectivity index (χ4v) is 6.96. The number of fused-ring (bicyclic) bond motifs is 1. The Morgan fingerprint density at radius 3 is 2.22 bits per heavy atom. The van der Waals surface area contributed by atoms with Crippen molar-refractivity contribution >= 4 is 23.3 Å². The fourth-order valence-electron chi connectivity index (χ4n) is 6.96. The number of nitrogens with zero attached hydrogens (tertiary/aromatic N) is 1. The molecule has 6 atom stereocenters. The number of cyclic esters (lactones) is 1. The van der Waals surface area contributed by atoms with Crippen LogP contribution in [0.25, 0.3) is 0 Å². The lowest BCUT2D eigenvalue weighted by Gasteiger charge is -2.58. The molecular weight excluding hydrogens is 398 g/mol. The minimum atomic E-state index is -0.232. The molecule has 2 aromatic carbocycles. The maximum atomic E-state index is 14.5. The zero-order valence-electron chi connectivity index (χ0n) is 18.4. The molecule has 4 aliphatic rings. The Kier molecular flexibility index (Phi) is 4.71. The maximum Gasteiger partial charge on any atom is 0.310 e. The molecule has 3 fully saturated rings. The van der Waals surface area contributed by atoms with Crippen molar-refractivity contribution in [3.63, 3.8) is 0 Å². The zero-order chi connectivity index (χ0) is 21.8. The highest BCUT2D eigenvalue weighted by Gasteiger charge is 2.61. The van der Waals surface area contributed by atoms with Crippen LogP contribution in [0.5, 0.6) is 0 Å². The standard InChI is InChI=1S/C28H29NO3/c1-17-24-25-22(16-23(25)28(31)32-17)20-14-8-9-15-21(20)26(24)27(30)29(18-10-4-2-5-11-18)19-12-6-3-7-13-19/h2-7,10-13,17,21,23-26H,8-9,14-16H2,1H3/t17-,21-,23?,24-,25?,26+/m1/s1. The molecule has 4 heteroatoms. The minimum Gasteiger partial charge on any atom is -0.462 e. The zero-order valence-corrected chi connectivity index (χ0v) is 18.4. The SMILES string of the molecule is C[C@H]1OC(=O)C2CC3=C4CCCC[C@H]4[C@H](C(=O)N(c4ccccc4)c4ccccc4)[C@H]1C32. The molecule has 2 saturated carbocycles. The number of esters is 1. The summed E-state index contributed by atoms with van der Waals surface area (Å²) in [7, 11) is 0. The molecule has 1 aliphatic heterocycles. The van der Waals surface area contributed by atoms with Gasteiger partial charge in [-0.3, -0.25) is 14.5 Å². The number of para-hydroxylation sites is 2. The molecule has 4 nitrogen and oxygen atoms in total. The van der Waals surface area contributed by atoms with Gasteiger partial charge in [0, 0.05) is 23.2 Å². The number of allylic oxidation sites excluding steroid dienone is 2. The van der Waals surface area contributed by atoms with Gasteiger partial charge in [0.2, 0.25) is 5.91 Å². The lowest BCUT2D eigenvalue weighted by molar-refractivity contribution is -0.183. The van der Waals surface area contributed by atoms with Gasteiger partial charge in [0.05, 0.1) is 11.8 Å². The molecular formula is C28H29NO3. The molecule has 1 heterocycles. The van der Waals surface area contributed by atoms with Crippen molar-refractivity contribution in [1.29, 1.82) is 0 Å². The molecule has 0 N–H and O–H groups in total. The first-order chi connectivity index (χ1) is 15.6. The van der Waals surface area contributed by atoms with Crippen molar-refractivity contribution in [1.82, 2.24) is 0 Å². The van der Waals surface area contributed by atoms with Crippen molar-refractivity contribution in [2.24, 2.45) is 29.6 Å². The molecule has 2 unspecified atom stereocenters. The van der Waals surface area contributed by atoms with Crippen molar-refractivity contribution in [3.8, 4) is 0 Å². The monoisotopic (exact) mass is 427 g/mol. The van der Waals surface area contributed by atoms with Gasteiger partial charge in [0.25, 0.3) is 0 Å². The summed E-state index contributed by atoms with van der Waals surface area (Å²) in [6, 6.07) is 19.9. The van der Waals surface area contributed by atoms with E-state index in [0.717, 1.165) is 37.1 Å². The molecule has 1 amide bonds. The van der Waals surface area contributed by atoms with Gasteiger partial charge in [-0.2, -0.15) is 0 Å². The van der Waals surface area contributed by atoms with E-state index in [0.29, 0.717) is 0 Å². The highest BCUT2D eigenvalue weighted by atomic mass is 16.5. The van der Waals surface area contributed by atoms with E-state index < -0.39 is 0 Å². The van der Waals surface area contributed by atoms with Gasteiger partial charge in [-0.1, -0.05) is 54.0 Å². The molecule has 1 saturated heterocycles. The Morgan fingerprint density at radius 1 is 0.906 bits per heavy atom. The van der Waals surface area contributed by atoms with Crippen LogP contribution >= 0.6 is 0 Å². The third-order valence-electron chi connectivity index (χ3n) is 8.29. The number of benzene rings is 2. The van der Waals surface area contributed by atoms with E-state index in [9.17, 15) is 9.59 Å². The van der Waals surface area contributed by atoms with E-state index in [2.05, 4.69) is 0 Å². The van der Waals surface area contributed by atoms with Gasteiger partial charge >= 0.3 is 5.97 Å². The number of carbonyl (C=O) groups is 2. The molecule has 2 aromatic rings. The first kappa shape index (κ1) is 19.8. The quantitative estimate of drug-likeness (QED) is 0.469. The number of hydrogen-bond acceptors (Lipinski definition) is 3. The highest BCUT2D eigenvalue weighted by molar-refractivity contribution is 6.02. The summed E-state index contributed by atoms with van der Waals surface area (Å²) in [6.07, 6.45) is 5.11. The van der Waals surface area contributed by atoms with E-state index in [1.54, 1.807) is 0 Å². The van der Waals surface area contributed by atoms with Gasteiger partial charge in [-0.05, 0) is 62.8 Å². The van der Waals surface area contributed by atoms with Gasteiger partial charge < -0.3 is 4.74 Å². The Hall–Kier alpha value is -2.88. The van der Waals surface area contributed by atoms with Crippen LogP contribution in [0.2, 0.25) is 0 Å². The van der Waals surface area contributed by atoms with Gasteiger partial charge in [-0.25, -0.2) is 0 Å². The van der Waals surface area contributed by atoms with Crippen LogP contribution < -0.4 is 4.90 Å². The number of rotatable bonds is 3. The van der Waals surface area contributed by atoms with Crippen LogP contribution in [0.15, 0.2) is 71.8 Å². The van der Waals surface area contributed by atoms with Crippen LogP contribution in [-0.4, -0.2) is 18.0 Å². The first-order valence-electron chi connectivity index (χ1n) is 12.0. The molecule has 6 rings (SSSR count). The van der Waals surface area contributed by atoms with Crippen LogP contribution in [0, 0.1) is 29.6 Å². The largest absolute Gasteiger partial charge is 0.462 e. The van der Waals surface area contributed by atoms with Gasteiger partial charge in [0.15, 0.2) is 0 Å². The summed E-state index contributed by atoms with van der Waals surface area (Å²) in [5.74, 6) is 0.387. The average molecular weight is 428 g/mol. The van der Waals surface area contributed by atoms with E-state index in [1.165, 1.54) is 17.6 Å². The van der Waals surface area contributed by atoms with Crippen LogP contribution in [0.1, 0.15) is 39.0 Å². The highest BCUT2D eigenvalue weighted by Crippen LogP contribution is 2.61. The summed E-state index contributed by atoms with van der Waals surface area (Å²) in [4.78, 5) is 29.0. The van der Waals surface area contributed by atoms with E-state index in [-0.39, 0.29) is 47.6 Å². The normalized spacial score (nSPS) is 32.8. The Morgan fingerprint density at radius 2 is 1.56 bits per heavy atom. The van der Waals surface area contributed by atoms with Crippen molar-refractivity contribution < 1.29 is 14.3 Å². The topological polar surface area (TPSA) is 46.6 Å². The number of anilines is 2. The number of hydrogen-bond donors (Lipinski definition) is 0. The lowest BCUT2D eigenvalue weighted by atomic mass is 9.48. The second-order valence-electron chi connectivity index (χ2n) is 9.83. The predicted molar refractivity (Wildman–Crippen MR) is 123 cm³/mol. The predicted octanol–water partition coefficient (Wildman–Crippen LogP) is 5.67. The summed E-state index contributed by atoms with van der Waals surface area (Å²) in [5.41, 5.74) is 4.77. The Labute approximate surface area is 189 Å². The van der Waals surface area contributed by atoms with E-state index in [4.69, 9.17) is 4.74 Å². The van der Waals surface area contributed by atoms with Gasteiger partial charge in [0.1, 0.15) is 6.10 Å². The third kappa shape index (κ3) is 2.88. The average Bonchev–Trinajstić information content (AvgIpc) is 2.79. The molecule has 0 radical (unpaired) electrons. The molecule has 0 aromatic heterocycles. The van der Waals surface area contributed by atoms with Crippen LogP contribution in [0.3, 0.4) is 0 Å². The Balaban J connectivity index is 1.47. The van der Waals surface area contributed by atoms with Crippen LogP contribution in [0.4, 0.5) is 11.4 Å². The van der Waals surface area contributed by atoms with E-state index in [1.807, 2.05) is 72.5 Å². The van der Waals surface area contributed by atoms with Crippen molar-refractivity contribution in [3.05, 3.63) is 71.8 Å². The molecule has 0 spiro atoms. The molecule has 0 bridgehead atoms. The maximum absolute atomic E-state index is 14.5. The van der Waals surface area contributed by atoms with Crippen LogP contribution in [-0.2, 0) is 14.3 Å². The molecule has 164 valence electrons. The molecule has 32 heavy (non-hydrogen) atoms. The van der Waals surface area contributed by atoms with Crippen molar-refractivity contribution in [2.45, 2.75) is 45.1 Å². The van der Waals surface area contributed by atoms with Crippen molar-refractivity contribution in [2.75, 3.05) is 4.90 Å². The smallest absolute Gasteiger partial charge is 0.310 e. The minimum absolute atomic E-state index is 0.0567. The third-order valence-corrected chi connectivity index (χ3v) is 8.29. The second kappa shape index (κ2) is 7.61. The lowest BCUT2D eigenvalue weighted by Crippen LogP contribution is -2.60. The Bertz CT molecular complexity index is 1040. The summed E-state index contributed by atoms with van der Waals surface area (Å²) in [6.45, 7) is 2.00. The number of ether oxygens (including phenoxy) is 1. The summed E-state index contributed by atoms with van der Waals surface area (Å²) < 4.78 is 5.82. The number of amides is 1. The van der Waals surface area contributed by atoms with Gasteiger partial charge in [-0.15, -0.1) is 0 Å². The van der Waals surface area contributed by atoms with E-state index >= 15 is 0 Å². The fraction of sp³-hybridized carbons (Fsp3) is 0.429.